The van der Waals surface area contributed by atoms with Crippen LogP contribution in [0.3, 0.4) is 0 Å². The number of thiol groups is 2. The van der Waals surface area contributed by atoms with Crippen molar-refractivity contribution in [2.24, 2.45) is 0 Å². The predicted octanol–water partition coefficient (Wildman–Crippen LogP) is -2.26. The molecule has 0 aromatic rings. The molecular weight excluding hydrogens is 306 g/mol. The first-order valence-corrected chi connectivity index (χ1v) is 6.83. The molecule has 0 radical (unpaired) electrons. The van der Waals surface area contributed by atoms with Crippen LogP contribution in [0.5, 0.6) is 0 Å². The number of hydrogen-bond acceptors (Lipinski definition) is 7. The van der Waals surface area contributed by atoms with Crippen molar-refractivity contribution >= 4 is 48.9 Å². The van der Waals surface area contributed by atoms with Gasteiger partial charge in [-0.05, 0) is 0 Å². The van der Waals surface area contributed by atoms with Crippen molar-refractivity contribution in [3.05, 3.63) is 0 Å². The highest BCUT2D eigenvalue weighted by molar-refractivity contribution is 7.81. The van der Waals surface area contributed by atoms with Gasteiger partial charge in [-0.15, -0.1) is 0 Å². The molecule has 1 atom stereocenters. The van der Waals surface area contributed by atoms with Crippen molar-refractivity contribution in [1.82, 2.24) is 16.0 Å². The number of hydrogen-bond donors (Lipinski definition) is 5. The van der Waals surface area contributed by atoms with Gasteiger partial charge in [0, 0.05) is 5.75 Å². The molecule has 20 heavy (non-hydrogen) atoms. The van der Waals surface area contributed by atoms with Gasteiger partial charge in [0.05, 0.1) is 19.4 Å². The van der Waals surface area contributed by atoms with E-state index < -0.39 is 29.7 Å². The highest BCUT2D eigenvalue weighted by Gasteiger charge is 2.19. The third-order valence-electron chi connectivity index (χ3n) is 2.06. The van der Waals surface area contributed by atoms with Gasteiger partial charge in [0.2, 0.25) is 17.7 Å². The Kier molecular flexibility index (Phi) is 9.64. The van der Waals surface area contributed by atoms with Gasteiger partial charge in [0.1, 0.15) is 12.6 Å². The van der Waals surface area contributed by atoms with Crippen LogP contribution in [0, 0.1) is 0 Å². The number of esters is 1. The van der Waals surface area contributed by atoms with Crippen molar-refractivity contribution in [2.75, 3.05) is 31.7 Å². The van der Waals surface area contributed by atoms with Gasteiger partial charge in [0.15, 0.2) is 0 Å². The minimum Gasteiger partial charge on any atom is -0.468 e. The SMILES string of the molecule is COC(=O)CNC(=O)[C@H](CS)NC(=O)CNC(=O)CS. The lowest BCUT2D eigenvalue weighted by Crippen LogP contribution is -2.51. The fourth-order valence-corrected chi connectivity index (χ4v) is 1.40. The number of nitrogens with one attached hydrogen (secondary N) is 3. The summed E-state index contributed by atoms with van der Waals surface area (Å²) in [5.41, 5.74) is 0. The van der Waals surface area contributed by atoms with Crippen LogP contribution in [0.15, 0.2) is 0 Å². The van der Waals surface area contributed by atoms with Crippen molar-refractivity contribution in [2.45, 2.75) is 6.04 Å². The maximum absolute atomic E-state index is 11.6. The molecule has 0 fully saturated rings. The number of ether oxygens (including phenoxy) is 1. The number of carbonyl (C=O) groups is 4. The van der Waals surface area contributed by atoms with Gasteiger partial charge in [-0.1, -0.05) is 0 Å². The van der Waals surface area contributed by atoms with E-state index >= 15 is 0 Å². The zero-order valence-electron chi connectivity index (χ0n) is 10.8. The van der Waals surface area contributed by atoms with E-state index in [0.717, 1.165) is 0 Å². The average Bonchev–Trinajstić information content (AvgIpc) is 2.46. The normalized spacial score (nSPS) is 11.2. The molecule has 10 heteroatoms. The molecule has 0 bridgehead atoms. The number of carbonyl (C=O) groups excluding carboxylic acids is 4. The molecule has 0 heterocycles. The monoisotopic (exact) mass is 323 g/mol. The second kappa shape index (κ2) is 10.4. The Labute approximate surface area is 127 Å². The molecule has 3 amide bonds. The van der Waals surface area contributed by atoms with Gasteiger partial charge >= 0.3 is 5.97 Å². The second-order valence-electron chi connectivity index (χ2n) is 3.53. The first kappa shape index (κ1) is 18.6. The summed E-state index contributed by atoms with van der Waals surface area (Å²) in [4.78, 5) is 44.9. The molecular formula is C10H17N3O5S2. The van der Waals surface area contributed by atoms with Crippen LogP contribution in [0.25, 0.3) is 0 Å². The Hall–Kier alpha value is -1.42. The lowest BCUT2D eigenvalue weighted by atomic mass is 10.3. The molecule has 0 unspecified atom stereocenters. The van der Waals surface area contributed by atoms with Gasteiger partial charge in [-0.25, -0.2) is 0 Å². The molecule has 0 aromatic carbocycles. The van der Waals surface area contributed by atoms with Crippen LogP contribution in [-0.4, -0.2) is 61.4 Å². The summed E-state index contributed by atoms with van der Waals surface area (Å²) in [7, 11) is 1.19. The summed E-state index contributed by atoms with van der Waals surface area (Å²) in [6.07, 6.45) is 0. The zero-order chi connectivity index (χ0) is 15.5. The molecule has 0 aliphatic rings. The van der Waals surface area contributed by atoms with Gasteiger partial charge in [-0.3, -0.25) is 19.2 Å². The summed E-state index contributed by atoms with van der Waals surface area (Å²) < 4.78 is 4.36. The highest BCUT2D eigenvalue weighted by Crippen LogP contribution is 1.89. The summed E-state index contributed by atoms with van der Waals surface area (Å²) >= 11 is 7.66. The molecule has 8 nitrogen and oxygen atoms in total. The molecule has 0 rings (SSSR count). The van der Waals surface area contributed by atoms with Gasteiger partial charge in [-0.2, -0.15) is 25.3 Å². The topological polar surface area (TPSA) is 114 Å². The van der Waals surface area contributed by atoms with Crippen LogP contribution >= 0.6 is 25.3 Å². The molecule has 0 aromatic heterocycles. The van der Waals surface area contributed by atoms with Gasteiger partial charge in [0.25, 0.3) is 0 Å². The number of rotatable bonds is 8. The Bertz CT molecular complexity index is 378. The predicted molar refractivity (Wildman–Crippen MR) is 77.7 cm³/mol. The summed E-state index contributed by atoms with van der Waals surface area (Å²) in [5, 5.41) is 6.96. The summed E-state index contributed by atoms with van der Waals surface area (Å²) in [6.45, 7) is -0.570. The lowest BCUT2D eigenvalue weighted by molar-refractivity contribution is -0.141. The lowest BCUT2D eigenvalue weighted by Gasteiger charge is -2.16. The molecule has 0 saturated heterocycles. The third kappa shape index (κ3) is 7.89. The van der Waals surface area contributed by atoms with Gasteiger partial charge < -0.3 is 20.7 Å². The van der Waals surface area contributed by atoms with Crippen molar-refractivity contribution < 1.29 is 23.9 Å². The zero-order valence-corrected chi connectivity index (χ0v) is 12.6. The molecule has 114 valence electrons. The Morgan fingerprint density at radius 2 is 1.70 bits per heavy atom. The second-order valence-corrected chi connectivity index (χ2v) is 4.21. The molecule has 0 saturated carbocycles. The first-order valence-electron chi connectivity index (χ1n) is 5.56. The molecule has 0 aliphatic carbocycles. The quantitative estimate of drug-likeness (QED) is 0.255. The van der Waals surface area contributed by atoms with Crippen molar-refractivity contribution in [3.63, 3.8) is 0 Å². The largest absolute Gasteiger partial charge is 0.468 e. The Balaban J connectivity index is 4.18. The fraction of sp³-hybridized carbons (Fsp3) is 0.600. The maximum Gasteiger partial charge on any atom is 0.325 e. The molecule has 0 aliphatic heterocycles. The van der Waals surface area contributed by atoms with Crippen LogP contribution in [0.2, 0.25) is 0 Å². The van der Waals surface area contributed by atoms with Crippen molar-refractivity contribution in [3.8, 4) is 0 Å². The third-order valence-corrected chi connectivity index (χ3v) is 2.71. The maximum atomic E-state index is 11.6. The number of methoxy groups -OCH3 is 1. The smallest absolute Gasteiger partial charge is 0.325 e. The van der Waals surface area contributed by atoms with E-state index in [0.29, 0.717) is 0 Å². The summed E-state index contributed by atoms with van der Waals surface area (Å²) in [5.74, 6) is -2.13. The Morgan fingerprint density at radius 3 is 2.20 bits per heavy atom. The first-order chi connectivity index (χ1) is 9.44. The summed E-state index contributed by atoms with van der Waals surface area (Å²) in [6, 6.07) is -0.914. The van der Waals surface area contributed by atoms with E-state index in [1.54, 1.807) is 0 Å². The van der Waals surface area contributed by atoms with Crippen LogP contribution in [0.4, 0.5) is 0 Å². The minimum absolute atomic E-state index is 0.0388. The Morgan fingerprint density at radius 1 is 1.05 bits per heavy atom. The fourth-order valence-electron chi connectivity index (χ4n) is 1.03. The average molecular weight is 323 g/mol. The molecule has 3 N–H and O–H groups in total. The van der Waals surface area contributed by atoms with E-state index in [1.165, 1.54) is 7.11 Å². The van der Waals surface area contributed by atoms with Crippen molar-refractivity contribution in [1.29, 1.82) is 0 Å². The van der Waals surface area contributed by atoms with Crippen LogP contribution in [-0.2, 0) is 23.9 Å². The number of amides is 3. The van der Waals surface area contributed by atoms with E-state index in [4.69, 9.17) is 0 Å². The minimum atomic E-state index is -0.914. The molecule has 0 spiro atoms. The van der Waals surface area contributed by atoms with Crippen LogP contribution < -0.4 is 16.0 Å². The van der Waals surface area contributed by atoms with E-state index in [2.05, 4.69) is 45.9 Å². The van der Waals surface area contributed by atoms with Crippen LogP contribution in [0.1, 0.15) is 0 Å². The van der Waals surface area contributed by atoms with E-state index in [1.807, 2.05) is 0 Å². The van der Waals surface area contributed by atoms with E-state index in [9.17, 15) is 19.2 Å². The standard InChI is InChI=1S/C10H17N3O5S2/c1-18-9(16)3-12-10(17)6(4-19)13-7(14)2-11-8(15)5-20/h6,19-20H,2-5H2,1H3,(H,11,15)(H,12,17)(H,13,14)/t6-/m0/s1. The highest BCUT2D eigenvalue weighted by atomic mass is 32.1. The van der Waals surface area contributed by atoms with E-state index in [-0.39, 0.29) is 24.6 Å².